The molecule has 4 fully saturated rings. The molecule has 4 bridgehead atoms. The predicted molar refractivity (Wildman–Crippen MR) is 65.0 cm³/mol. The van der Waals surface area contributed by atoms with Gasteiger partial charge in [-0.25, -0.2) is 0 Å². The van der Waals surface area contributed by atoms with Crippen molar-refractivity contribution in [3.8, 4) is 0 Å². The molecular weight excluding hydrogens is 232 g/mol. The van der Waals surface area contributed by atoms with Gasteiger partial charge in [0, 0.05) is 6.42 Å². The number of carbonyl (C=O) groups is 1. The van der Waals surface area contributed by atoms with Crippen molar-refractivity contribution >= 4 is 5.97 Å². The summed E-state index contributed by atoms with van der Waals surface area (Å²) in [5.41, 5.74) is -2.11. The van der Waals surface area contributed by atoms with Gasteiger partial charge in [0.05, 0.1) is 17.6 Å². The first-order valence-corrected chi connectivity index (χ1v) is 6.89. The smallest absolute Gasteiger partial charge is 0.303 e. The number of carboxylic acids is 1. The minimum absolute atomic E-state index is 0.0479. The molecule has 2 atom stereocenters. The molecule has 2 unspecified atom stereocenters. The summed E-state index contributed by atoms with van der Waals surface area (Å²) in [4.78, 5) is 11.1. The largest absolute Gasteiger partial charge is 0.481 e. The molecule has 0 amide bonds. The van der Waals surface area contributed by atoms with Crippen LogP contribution < -0.4 is 0 Å². The van der Waals surface area contributed by atoms with Gasteiger partial charge >= 0.3 is 5.97 Å². The standard InChI is InChI=1S/C14H22O4/c1-2-11-4-12(3-10(15)16)7-13(17,5-11)9-14(18,6-11)8-12/h17-18H,2-9H2,1H3,(H,15,16). The number of hydrogen-bond acceptors (Lipinski definition) is 3. The van der Waals surface area contributed by atoms with E-state index in [4.69, 9.17) is 5.11 Å². The van der Waals surface area contributed by atoms with E-state index < -0.39 is 17.2 Å². The second-order valence-electron chi connectivity index (χ2n) is 7.43. The van der Waals surface area contributed by atoms with Gasteiger partial charge in [-0.2, -0.15) is 0 Å². The van der Waals surface area contributed by atoms with E-state index in [1.54, 1.807) is 0 Å². The molecule has 0 radical (unpaired) electrons. The highest BCUT2D eigenvalue weighted by molar-refractivity contribution is 5.68. The SMILES string of the molecule is CCC12CC3(O)CC(O)(C1)CC(CC(=O)O)(C3)C2. The Morgan fingerprint density at radius 2 is 1.44 bits per heavy atom. The molecule has 102 valence electrons. The van der Waals surface area contributed by atoms with Crippen LogP contribution in [-0.4, -0.2) is 32.5 Å². The Morgan fingerprint density at radius 1 is 0.944 bits per heavy atom. The van der Waals surface area contributed by atoms with Crippen LogP contribution in [0.2, 0.25) is 0 Å². The lowest BCUT2D eigenvalue weighted by molar-refractivity contribution is -0.261. The molecule has 4 heteroatoms. The fraction of sp³-hybridized carbons (Fsp3) is 0.929. The molecule has 0 spiro atoms. The summed E-state index contributed by atoms with van der Waals surface area (Å²) in [6.07, 6.45) is 4.86. The first-order valence-electron chi connectivity index (χ1n) is 6.89. The van der Waals surface area contributed by atoms with Crippen molar-refractivity contribution in [1.29, 1.82) is 0 Å². The summed E-state index contributed by atoms with van der Waals surface area (Å²) < 4.78 is 0. The van der Waals surface area contributed by atoms with Gasteiger partial charge in [-0.05, 0) is 42.9 Å². The second kappa shape index (κ2) is 3.28. The molecule has 4 nitrogen and oxygen atoms in total. The maximum absolute atomic E-state index is 11.1. The fourth-order valence-electron chi connectivity index (χ4n) is 5.83. The van der Waals surface area contributed by atoms with E-state index in [-0.39, 0.29) is 17.3 Å². The third kappa shape index (κ3) is 1.69. The summed E-state index contributed by atoms with van der Waals surface area (Å²) >= 11 is 0. The van der Waals surface area contributed by atoms with E-state index in [0.29, 0.717) is 19.3 Å². The average Bonchev–Trinajstić information content (AvgIpc) is 2.09. The van der Waals surface area contributed by atoms with E-state index >= 15 is 0 Å². The van der Waals surface area contributed by atoms with Crippen LogP contribution in [0.4, 0.5) is 0 Å². The average molecular weight is 254 g/mol. The first-order chi connectivity index (χ1) is 8.22. The number of aliphatic hydroxyl groups is 2. The Bertz CT molecular complexity index is 385. The zero-order chi connectivity index (χ0) is 13.2. The highest BCUT2D eigenvalue weighted by Crippen LogP contribution is 2.69. The van der Waals surface area contributed by atoms with Crippen molar-refractivity contribution in [2.45, 2.75) is 69.5 Å². The Hall–Kier alpha value is -0.610. The molecule has 4 aliphatic carbocycles. The molecule has 0 aromatic carbocycles. The molecule has 4 saturated carbocycles. The van der Waals surface area contributed by atoms with Gasteiger partial charge in [0.15, 0.2) is 0 Å². The Kier molecular flexibility index (Phi) is 2.27. The van der Waals surface area contributed by atoms with E-state index in [1.165, 1.54) is 0 Å². The van der Waals surface area contributed by atoms with Crippen molar-refractivity contribution < 1.29 is 20.1 Å². The molecule has 0 aromatic heterocycles. The van der Waals surface area contributed by atoms with Gasteiger partial charge in [-0.15, -0.1) is 0 Å². The summed E-state index contributed by atoms with van der Waals surface area (Å²) in [6.45, 7) is 2.09. The van der Waals surface area contributed by atoms with Gasteiger partial charge in [-0.3, -0.25) is 4.79 Å². The van der Waals surface area contributed by atoms with Crippen LogP contribution in [0.25, 0.3) is 0 Å². The lowest BCUT2D eigenvalue weighted by Crippen LogP contribution is -2.67. The van der Waals surface area contributed by atoms with E-state index in [2.05, 4.69) is 6.92 Å². The highest BCUT2D eigenvalue weighted by Gasteiger charge is 2.67. The number of aliphatic carboxylic acids is 1. The lowest BCUT2D eigenvalue weighted by atomic mass is 9.40. The van der Waals surface area contributed by atoms with Gasteiger partial charge < -0.3 is 15.3 Å². The van der Waals surface area contributed by atoms with Crippen molar-refractivity contribution in [2.75, 3.05) is 0 Å². The molecule has 0 aliphatic heterocycles. The van der Waals surface area contributed by atoms with Crippen molar-refractivity contribution in [1.82, 2.24) is 0 Å². The summed E-state index contributed by atoms with van der Waals surface area (Å²) in [7, 11) is 0. The van der Waals surface area contributed by atoms with Crippen LogP contribution in [0.3, 0.4) is 0 Å². The zero-order valence-corrected chi connectivity index (χ0v) is 10.9. The van der Waals surface area contributed by atoms with Crippen molar-refractivity contribution in [3.63, 3.8) is 0 Å². The molecule has 0 heterocycles. The van der Waals surface area contributed by atoms with Crippen LogP contribution in [0.15, 0.2) is 0 Å². The van der Waals surface area contributed by atoms with Crippen LogP contribution >= 0.6 is 0 Å². The van der Waals surface area contributed by atoms with Crippen LogP contribution in [-0.2, 0) is 4.79 Å². The third-order valence-electron chi connectivity index (χ3n) is 5.50. The molecular formula is C14H22O4. The Morgan fingerprint density at radius 3 is 1.89 bits per heavy atom. The normalized spacial score (nSPS) is 53.7. The molecule has 4 rings (SSSR count). The molecule has 4 aliphatic rings. The topological polar surface area (TPSA) is 77.8 Å². The summed E-state index contributed by atoms with van der Waals surface area (Å²) in [6, 6.07) is 0. The summed E-state index contributed by atoms with van der Waals surface area (Å²) in [5, 5.41) is 30.5. The van der Waals surface area contributed by atoms with Gasteiger partial charge in [0.2, 0.25) is 0 Å². The second-order valence-corrected chi connectivity index (χ2v) is 7.43. The lowest BCUT2D eigenvalue weighted by Gasteiger charge is -2.67. The van der Waals surface area contributed by atoms with Crippen molar-refractivity contribution in [3.05, 3.63) is 0 Å². The maximum atomic E-state index is 11.1. The van der Waals surface area contributed by atoms with Gasteiger partial charge in [-0.1, -0.05) is 13.3 Å². The minimum Gasteiger partial charge on any atom is -0.481 e. The maximum Gasteiger partial charge on any atom is 0.303 e. The minimum atomic E-state index is -0.838. The Labute approximate surface area is 107 Å². The van der Waals surface area contributed by atoms with Crippen LogP contribution in [0.1, 0.15) is 58.3 Å². The van der Waals surface area contributed by atoms with E-state index in [9.17, 15) is 15.0 Å². The molecule has 0 aromatic rings. The molecule has 18 heavy (non-hydrogen) atoms. The highest BCUT2D eigenvalue weighted by atomic mass is 16.4. The third-order valence-corrected chi connectivity index (χ3v) is 5.50. The van der Waals surface area contributed by atoms with Gasteiger partial charge in [0.1, 0.15) is 0 Å². The number of rotatable bonds is 3. The number of carboxylic acid groups (broad SMARTS) is 1. The van der Waals surface area contributed by atoms with Crippen LogP contribution in [0, 0.1) is 10.8 Å². The fourth-order valence-corrected chi connectivity index (χ4v) is 5.83. The predicted octanol–water partition coefficient (Wildman–Crippen LogP) is 1.69. The van der Waals surface area contributed by atoms with E-state index in [0.717, 1.165) is 25.7 Å². The molecule has 3 N–H and O–H groups in total. The summed E-state index contributed by atoms with van der Waals surface area (Å²) in [5.74, 6) is -0.810. The quantitative estimate of drug-likeness (QED) is 0.716. The van der Waals surface area contributed by atoms with Gasteiger partial charge in [0.25, 0.3) is 0 Å². The number of hydrogen-bond donors (Lipinski definition) is 3. The Balaban J connectivity index is 2.02. The van der Waals surface area contributed by atoms with E-state index in [1.807, 2.05) is 0 Å². The van der Waals surface area contributed by atoms with Crippen LogP contribution in [0.5, 0.6) is 0 Å². The monoisotopic (exact) mass is 254 g/mol. The first kappa shape index (κ1) is 12.4. The molecule has 0 saturated heterocycles. The zero-order valence-electron chi connectivity index (χ0n) is 10.9. The van der Waals surface area contributed by atoms with Crippen molar-refractivity contribution in [2.24, 2.45) is 10.8 Å².